The van der Waals surface area contributed by atoms with E-state index in [9.17, 15) is 14.0 Å². The summed E-state index contributed by atoms with van der Waals surface area (Å²) in [5, 5.41) is 0. The summed E-state index contributed by atoms with van der Waals surface area (Å²) in [7, 11) is 0. The standard InChI is InChI=1S/C20H19FO3/c21-17-8-5-15(6-9-17)19(22)11-12-20(23)24-18-10-7-14-3-1-2-4-16(14)13-18/h1-6,8-9,18H,7,10-13H2. The molecule has 0 saturated heterocycles. The summed E-state index contributed by atoms with van der Waals surface area (Å²) in [6, 6.07) is 13.5. The van der Waals surface area contributed by atoms with Crippen molar-refractivity contribution in [3.63, 3.8) is 0 Å². The minimum Gasteiger partial charge on any atom is -0.462 e. The molecule has 0 amide bonds. The van der Waals surface area contributed by atoms with Gasteiger partial charge in [-0.1, -0.05) is 24.3 Å². The summed E-state index contributed by atoms with van der Waals surface area (Å²) in [6.45, 7) is 0. The lowest BCUT2D eigenvalue weighted by atomic mass is 9.90. The highest BCUT2D eigenvalue weighted by molar-refractivity contribution is 5.97. The van der Waals surface area contributed by atoms with Crippen molar-refractivity contribution in [3.05, 3.63) is 71.0 Å². The normalized spacial score (nSPS) is 16.3. The van der Waals surface area contributed by atoms with Gasteiger partial charge in [-0.05, 0) is 48.2 Å². The van der Waals surface area contributed by atoms with Crippen molar-refractivity contribution in [2.45, 2.75) is 38.2 Å². The van der Waals surface area contributed by atoms with Crippen LogP contribution in [0.15, 0.2) is 48.5 Å². The summed E-state index contributed by atoms with van der Waals surface area (Å²) < 4.78 is 18.3. The molecular formula is C20H19FO3. The van der Waals surface area contributed by atoms with Gasteiger partial charge in [0.2, 0.25) is 0 Å². The van der Waals surface area contributed by atoms with Crippen LogP contribution in [0.3, 0.4) is 0 Å². The van der Waals surface area contributed by atoms with E-state index in [1.807, 2.05) is 12.1 Å². The first-order valence-electron chi connectivity index (χ1n) is 8.17. The van der Waals surface area contributed by atoms with Crippen LogP contribution in [0.5, 0.6) is 0 Å². The molecule has 0 spiro atoms. The molecule has 0 heterocycles. The Morgan fingerprint density at radius 3 is 2.46 bits per heavy atom. The van der Waals surface area contributed by atoms with Gasteiger partial charge < -0.3 is 4.74 Å². The molecule has 1 aliphatic rings. The molecule has 2 aromatic rings. The zero-order chi connectivity index (χ0) is 16.9. The summed E-state index contributed by atoms with van der Waals surface area (Å²) in [5.41, 5.74) is 2.95. The number of ketones is 1. The molecule has 124 valence electrons. The van der Waals surface area contributed by atoms with Crippen molar-refractivity contribution < 1.29 is 18.7 Å². The Kier molecular flexibility index (Phi) is 5.04. The third-order valence-corrected chi connectivity index (χ3v) is 4.32. The molecule has 1 unspecified atom stereocenters. The van der Waals surface area contributed by atoms with Gasteiger partial charge in [0.1, 0.15) is 11.9 Å². The van der Waals surface area contributed by atoms with Crippen molar-refractivity contribution >= 4 is 11.8 Å². The zero-order valence-electron chi connectivity index (χ0n) is 13.3. The molecule has 24 heavy (non-hydrogen) atoms. The maximum atomic E-state index is 12.8. The van der Waals surface area contributed by atoms with Gasteiger partial charge in [0, 0.05) is 18.4 Å². The minimum absolute atomic E-state index is 0.0500. The number of aryl methyl sites for hydroxylation is 1. The zero-order valence-corrected chi connectivity index (χ0v) is 13.3. The molecule has 4 heteroatoms. The molecule has 3 rings (SSSR count). The quantitative estimate of drug-likeness (QED) is 0.618. The lowest BCUT2D eigenvalue weighted by Gasteiger charge is -2.24. The number of rotatable bonds is 5. The van der Waals surface area contributed by atoms with E-state index < -0.39 is 0 Å². The molecule has 2 aromatic carbocycles. The smallest absolute Gasteiger partial charge is 0.306 e. The van der Waals surface area contributed by atoms with Crippen LogP contribution in [0.1, 0.15) is 40.7 Å². The van der Waals surface area contributed by atoms with E-state index in [1.54, 1.807) is 0 Å². The van der Waals surface area contributed by atoms with Crippen molar-refractivity contribution in [1.29, 1.82) is 0 Å². The lowest BCUT2D eigenvalue weighted by Crippen LogP contribution is -2.25. The van der Waals surface area contributed by atoms with Crippen LogP contribution in [0, 0.1) is 5.82 Å². The van der Waals surface area contributed by atoms with E-state index in [2.05, 4.69) is 12.1 Å². The Hall–Kier alpha value is -2.49. The molecule has 1 aliphatic carbocycles. The van der Waals surface area contributed by atoms with E-state index >= 15 is 0 Å². The number of Topliss-reactive ketones (excluding diaryl/α,β-unsaturated/α-hetero) is 1. The van der Waals surface area contributed by atoms with Gasteiger partial charge in [-0.15, -0.1) is 0 Å². The van der Waals surface area contributed by atoms with Crippen LogP contribution < -0.4 is 0 Å². The van der Waals surface area contributed by atoms with E-state index in [4.69, 9.17) is 4.74 Å². The molecule has 0 N–H and O–H groups in total. The van der Waals surface area contributed by atoms with Gasteiger partial charge in [-0.3, -0.25) is 9.59 Å². The van der Waals surface area contributed by atoms with Crippen molar-refractivity contribution in [2.24, 2.45) is 0 Å². The maximum absolute atomic E-state index is 12.8. The number of fused-ring (bicyclic) bond motifs is 1. The van der Waals surface area contributed by atoms with Gasteiger partial charge in [0.05, 0.1) is 6.42 Å². The highest BCUT2D eigenvalue weighted by atomic mass is 19.1. The van der Waals surface area contributed by atoms with E-state index in [0.29, 0.717) is 5.56 Å². The van der Waals surface area contributed by atoms with Gasteiger partial charge in [-0.25, -0.2) is 4.39 Å². The molecular weight excluding hydrogens is 307 g/mol. The van der Waals surface area contributed by atoms with Gasteiger partial charge in [0.25, 0.3) is 0 Å². The summed E-state index contributed by atoms with van der Waals surface area (Å²) >= 11 is 0. The summed E-state index contributed by atoms with van der Waals surface area (Å²) in [5.74, 6) is -0.917. The van der Waals surface area contributed by atoms with Gasteiger partial charge in [-0.2, -0.15) is 0 Å². The Balaban J connectivity index is 1.48. The van der Waals surface area contributed by atoms with Crippen LogP contribution in [0.25, 0.3) is 0 Å². The van der Waals surface area contributed by atoms with E-state index in [-0.39, 0.29) is 36.5 Å². The number of benzene rings is 2. The third kappa shape index (κ3) is 4.07. The van der Waals surface area contributed by atoms with E-state index in [1.165, 1.54) is 35.4 Å². The van der Waals surface area contributed by atoms with Crippen LogP contribution >= 0.6 is 0 Å². The first-order chi connectivity index (χ1) is 11.6. The number of hydrogen-bond acceptors (Lipinski definition) is 3. The minimum atomic E-state index is -0.386. The predicted octanol–water partition coefficient (Wildman–Crippen LogP) is 3.89. The van der Waals surface area contributed by atoms with Gasteiger partial charge >= 0.3 is 5.97 Å². The molecule has 0 aliphatic heterocycles. The second-order valence-corrected chi connectivity index (χ2v) is 6.05. The molecule has 0 saturated carbocycles. The second kappa shape index (κ2) is 7.39. The largest absolute Gasteiger partial charge is 0.462 e. The Morgan fingerprint density at radius 1 is 1.00 bits per heavy atom. The second-order valence-electron chi connectivity index (χ2n) is 6.05. The third-order valence-electron chi connectivity index (χ3n) is 4.32. The summed E-state index contributed by atoms with van der Waals surface area (Å²) in [6.07, 6.45) is 2.46. The summed E-state index contributed by atoms with van der Waals surface area (Å²) in [4.78, 5) is 24.0. The predicted molar refractivity (Wildman–Crippen MR) is 88.3 cm³/mol. The fourth-order valence-electron chi connectivity index (χ4n) is 3.01. The number of halogens is 1. The maximum Gasteiger partial charge on any atom is 0.306 e. The van der Waals surface area contributed by atoms with Gasteiger partial charge in [0.15, 0.2) is 5.78 Å². The Bertz CT molecular complexity index is 737. The topological polar surface area (TPSA) is 43.4 Å². The van der Waals surface area contributed by atoms with Crippen LogP contribution in [0.4, 0.5) is 4.39 Å². The molecule has 0 aromatic heterocycles. The Labute approximate surface area is 140 Å². The molecule has 0 bridgehead atoms. The lowest BCUT2D eigenvalue weighted by molar-refractivity contribution is -0.149. The monoisotopic (exact) mass is 326 g/mol. The highest BCUT2D eigenvalue weighted by Crippen LogP contribution is 2.23. The number of carbonyl (C=O) groups is 2. The first-order valence-corrected chi connectivity index (χ1v) is 8.17. The SMILES string of the molecule is O=C(CCC(=O)c1ccc(F)cc1)OC1CCc2ccccc2C1. The first kappa shape index (κ1) is 16.4. The Morgan fingerprint density at radius 2 is 1.71 bits per heavy atom. The highest BCUT2D eigenvalue weighted by Gasteiger charge is 2.22. The van der Waals surface area contributed by atoms with E-state index in [0.717, 1.165) is 19.3 Å². The fraction of sp³-hybridized carbons (Fsp3) is 0.300. The van der Waals surface area contributed by atoms with Crippen molar-refractivity contribution in [3.8, 4) is 0 Å². The molecule has 3 nitrogen and oxygen atoms in total. The van der Waals surface area contributed by atoms with Crippen molar-refractivity contribution in [1.82, 2.24) is 0 Å². The fourth-order valence-corrected chi connectivity index (χ4v) is 3.01. The number of carbonyl (C=O) groups excluding carboxylic acids is 2. The van der Waals surface area contributed by atoms with Crippen LogP contribution in [-0.4, -0.2) is 17.9 Å². The van der Waals surface area contributed by atoms with Crippen molar-refractivity contribution in [2.75, 3.05) is 0 Å². The van der Waals surface area contributed by atoms with Crippen LogP contribution in [-0.2, 0) is 22.4 Å². The van der Waals surface area contributed by atoms with Crippen LogP contribution in [0.2, 0.25) is 0 Å². The average molecular weight is 326 g/mol. The number of hydrogen-bond donors (Lipinski definition) is 0. The molecule has 1 atom stereocenters. The molecule has 0 fully saturated rings. The average Bonchev–Trinajstić information content (AvgIpc) is 2.60. The number of ether oxygens (including phenoxy) is 1. The molecule has 0 radical (unpaired) electrons. The number of esters is 1.